The van der Waals surface area contributed by atoms with Crippen molar-refractivity contribution < 1.29 is 4.39 Å². The van der Waals surface area contributed by atoms with Crippen molar-refractivity contribution in [3.63, 3.8) is 0 Å². The molecule has 0 fully saturated rings. The molecule has 0 atom stereocenters. The van der Waals surface area contributed by atoms with E-state index < -0.39 is 11.4 Å². The summed E-state index contributed by atoms with van der Waals surface area (Å²) in [5.74, 6) is -0.623. The van der Waals surface area contributed by atoms with Crippen molar-refractivity contribution in [2.75, 3.05) is 6.26 Å². The van der Waals surface area contributed by atoms with Gasteiger partial charge in [-0.05, 0) is 30.9 Å². The molecule has 0 aliphatic heterocycles. The number of thioether (sulfide) groups is 1. The summed E-state index contributed by atoms with van der Waals surface area (Å²) in [5.41, 5.74) is -0.0558. The largest absolute Gasteiger partial charge is 0.300 e. The van der Waals surface area contributed by atoms with Crippen LogP contribution in [-0.2, 0) is 0 Å². The van der Waals surface area contributed by atoms with Crippen LogP contribution in [0.3, 0.4) is 0 Å². The van der Waals surface area contributed by atoms with Crippen LogP contribution < -0.4 is 5.56 Å². The van der Waals surface area contributed by atoms with E-state index in [4.69, 9.17) is 16.9 Å². The van der Waals surface area contributed by atoms with Crippen molar-refractivity contribution in [3.05, 3.63) is 44.5 Å². The number of aryl methyl sites for hydroxylation is 1. The van der Waals surface area contributed by atoms with Crippen molar-refractivity contribution in [1.29, 1.82) is 5.26 Å². The minimum Gasteiger partial charge on any atom is -0.300 e. The summed E-state index contributed by atoms with van der Waals surface area (Å²) in [6, 6.07) is 4.38. The zero-order valence-corrected chi connectivity index (χ0v) is 12.2. The molecule has 1 aromatic carbocycles. The Balaban J connectivity index is 2.82. The van der Waals surface area contributed by atoms with Crippen molar-refractivity contribution in [3.8, 4) is 17.3 Å². The summed E-state index contributed by atoms with van der Waals surface area (Å²) in [4.78, 5) is 18.4. The van der Waals surface area contributed by atoms with Crippen molar-refractivity contribution >= 4 is 23.4 Å². The Morgan fingerprint density at radius 1 is 1.50 bits per heavy atom. The number of benzene rings is 1. The van der Waals surface area contributed by atoms with E-state index >= 15 is 0 Å². The predicted octanol–water partition coefficient (Wildman–Crippen LogP) is 3.13. The number of halogens is 2. The van der Waals surface area contributed by atoms with E-state index in [1.165, 1.54) is 17.8 Å². The number of nitriles is 1. The Morgan fingerprint density at radius 3 is 2.80 bits per heavy atom. The second-order valence-electron chi connectivity index (χ2n) is 3.99. The number of H-pyrrole nitrogens is 1. The Labute approximate surface area is 123 Å². The van der Waals surface area contributed by atoms with Crippen molar-refractivity contribution in [2.45, 2.75) is 12.1 Å². The van der Waals surface area contributed by atoms with Crippen LogP contribution >= 0.6 is 23.4 Å². The lowest BCUT2D eigenvalue weighted by Gasteiger charge is -2.08. The van der Waals surface area contributed by atoms with E-state index in [1.54, 1.807) is 19.2 Å². The molecule has 1 aromatic heterocycles. The monoisotopic (exact) mass is 309 g/mol. The molecule has 0 saturated carbocycles. The molecule has 0 aliphatic carbocycles. The maximum Gasteiger partial charge on any atom is 0.270 e. The molecule has 2 aromatic rings. The first kappa shape index (κ1) is 14.6. The van der Waals surface area contributed by atoms with E-state index in [0.29, 0.717) is 10.7 Å². The van der Waals surface area contributed by atoms with E-state index in [1.807, 2.05) is 0 Å². The van der Waals surface area contributed by atoms with Crippen LogP contribution in [0, 0.1) is 24.1 Å². The van der Waals surface area contributed by atoms with Crippen LogP contribution in [0.15, 0.2) is 22.1 Å². The van der Waals surface area contributed by atoms with E-state index in [-0.39, 0.29) is 21.8 Å². The molecule has 4 nitrogen and oxygen atoms in total. The first-order valence-electron chi connectivity index (χ1n) is 5.52. The highest BCUT2D eigenvalue weighted by Crippen LogP contribution is 2.28. The SMILES string of the molecule is CSc1nc(-c2cc(C)c(Cl)cc2F)c(C#N)c(=O)[nH]1. The van der Waals surface area contributed by atoms with Gasteiger partial charge in [0.05, 0.1) is 5.69 Å². The summed E-state index contributed by atoms with van der Waals surface area (Å²) in [6.07, 6.45) is 1.72. The molecule has 0 saturated heterocycles. The van der Waals surface area contributed by atoms with Crippen LogP contribution in [0.5, 0.6) is 0 Å². The Bertz CT molecular complexity index is 782. The molecule has 0 spiro atoms. The predicted molar refractivity (Wildman–Crippen MR) is 76.5 cm³/mol. The summed E-state index contributed by atoms with van der Waals surface area (Å²) >= 11 is 7.04. The lowest BCUT2D eigenvalue weighted by Crippen LogP contribution is -2.15. The lowest BCUT2D eigenvalue weighted by molar-refractivity contribution is 0.630. The van der Waals surface area contributed by atoms with Gasteiger partial charge in [0.15, 0.2) is 5.16 Å². The molecular weight excluding hydrogens is 301 g/mol. The Morgan fingerprint density at radius 2 is 2.20 bits per heavy atom. The van der Waals surface area contributed by atoms with Gasteiger partial charge in [0.1, 0.15) is 17.4 Å². The molecule has 0 bridgehead atoms. The summed E-state index contributed by atoms with van der Waals surface area (Å²) in [6.45, 7) is 1.71. The lowest BCUT2D eigenvalue weighted by atomic mass is 10.0. The quantitative estimate of drug-likeness (QED) is 0.683. The van der Waals surface area contributed by atoms with Gasteiger partial charge in [0.2, 0.25) is 0 Å². The molecule has 1 heterocycles. The highest BCUT2D eigenvalue weighted by atomic mass is 35.5. The fraction of sp³-hybridized carbons (Fsp3) is 0.154. The fourth-order valence-corrected chi connectivity index (χ4v) is 2.21. The molecule has 20 heavy (non-hydrogen) atoms. The van der Waals surface area contributed by atoms with Gasteiger partial charge >= 0.3 is 0 Å². The molecule has 0 unspecified atom stereocenters. The third-order valence-corrected chi connectivity index (χ3v) is 3.69. The van der Waals surface area contributed by atoms with E-state index in [0.717, 1.165) is 6.07 Å². The Kier molecular flexibility index (Phi) is 4.12. The molecular formula is C13H9ClFN3OS. The van der Waals surface area contributed by atoms with Gasteiger partial charge in [-0.15, -0.1) is 0 Å². The molecule has 0 aliphatic rings. The number of rotatable bonds is 2. The second kappa shape index (κ2) is 5.65. The van der Waals surface area contributed by atoms with E-state index in [9.17, 15) is 9.18 Å². The average molecular weight is 310 g/mol. The molecule has 0 amide bonds. The van der Waals surface area contributed by atoms with Gasteiger partial charge in [-0.25, -0.2) is 9.37 Å². The molecule has 7 heteroatoms. The van der Waals surface area contributed by atoms with Gasteiger partial charge in [0.25, 0.3) is 5.56 Å². The highest BCUT2D eigenvalue weighted by Gasteiger charge is 2.17. The number of nitrogens with one attached hydrogen (secondary N) is 1. The second-order valence-corrected chi connectivity index (χ2v) is 5.19. The van der Waals surface area contributed by atoms with Crippen LogP contribution in [0.2, 0.25) is 5.02 Å². The fourth-order valence-electron chi connectivity index (χ4n) is 1.69. The first-order valence-corrected chi connectivity index (χ1v) is 7.12. The normalized spacial score (nSPS) is 10.3. The van der Waals surface area contributed by atoms with Crippen molar-refractivity contribution in [1.82, 2.24) is 9.97 Å². The zero-order chi connectivity index (χ0) is 14.9. The Hall–Kier alpha value is -1.84. The number of nitrogens with zero attached hydrogens (tertiary/aromatic N) is 2. The van der Waals surface area contributed by atoms with Crippen molar-refractivity contribution in [2.24, 2.45) is 0 Å². The van der Waals surface area contributed by atoms with E-state index in [2.05, 4.69) is 9.97 Å². The average Bonchev–Trinajstić information content (AvgIpc) is 2.42. The number of hydrogen-bond acceptors (Lipinski definition) is 4. The number of aromatic nitrogens is 2. The van der Waals surface area contributed by atoms with Crippen LogP contribution in [-0.4, -0.2) is 16.2 Å². The summed E-state index contributed by atoms with van der Waals surface area (Å²) in [5, 5.41) is 9.67. The van der Waals surface area contributed by atoms with Crippen LogP contribution in [0.25, 0.3) is 11.3 Å². The third kappa shape index (κ3) is 2.55. The van der Waals surface area contributed by atoms with Crippen LogP contribution in [0.1, 0.15) is 11.1 Å². The minimum absolute atomic E-state index is 0.0258. The van der Waals surface area contributed by atoms with Gasteiger partial charge in [-0.1, -0.05) is 23.4 Å². The maximum absolute atomic E-state index is 14.0. The highest BCUT2D eigenvalue weighted by molar-refractivity contribution is 7.98. The van der Waals surface area contributed by atoms with Crippen LogP contribution in [0.4, 0.5) is 4.39 Å². The van der Waals surface area contributed by atoms with Gasteiger partial charge in [-0.2, -0.15) is 5.26 Å². The minimum atomic E-state index is -0.623. The topological polar surface area (TPSA) is 69.5 Å². The number of aromatic amines is 1. The first-order chi connectivity index (χ1) is 9.47. The number of hydrogen-bond donors (Lipinski definition) is 1. The zero-order valence-electron chi connectivity index (χ0n) is 10.6. The smallest absolute Gasteiger partial charge is 0.270 e. The third-order valence-electron chi connectivity index (χ3n) is 2.71. The molecule has 0 radical (unpaired) electrons. The molecule has 102 valence electrons. The van der Waals surface area contributed by atoms with Gasteiger partial charge in [0, 0.05) is 10.6 Å². The molecule has 2 rings (SSSR count). The van der Waals surface area contributed by atoms with Gasteiger partial charge in [-0.3, -0.25) is 4.79 Å². The summed E-state index contributed by atoms with van der Waals surface area (Å²) < 4.78 is 14.0. The summed E-state index contributed by atoms with van der Waals surface area (Å²) in [7, 11) is 0. The molecule has 1 N–H and O–H groups in total. The maximum atomic E-state index is 14.0. The standard InChI is InChI=1S/C13H9ClFN3OS/c1-6-3-7(10(15)4-9(6)14)11-8(5-16)12(19)18-13(17-11)20-2/h3-4H,1-2H3,(H,17,18,19). The van der Waals surface area contributed by atoms with Gasteiger partial charge < -0.3 is 4.98 Å².